The van der Waals surface area contributed by atoms with Crippen molar-refractivity contribution in [1.82, 2.24) is 4.90 Å². The zero-order valence-electron chi connectivity index (χ0n) is 15.1. The third-order valence-electron chi connectivity index (χ3n) is 3.98. The van der Waals surface area contributed by atoms with E-state index >= 15 is 0 Å². The van der Waals surface area contributed by atoms with Crippen LogP contribution in [-0.4, -0.2) is 34.6 Å². The number of ether oxygens (including phenoxy) is 2. The van der Waals surface area contributed by atoms with Crippen LogP contribution in [0, 0.1) is 0 Å². The van der Waals surface area contributed by atoms with E-state index in [-0.39, 0.29) is 12.1 Å². The first-order chi connectivity index (χ1) is 11.2. The van der Waals surface area contributed by atoms with Gasteiger partial charge in [-0.15, -0.1) is 0 Å². The van der Waals surface area contributed by atoms with Gasteiger partial charge in [-0.25, -0.2) is 4.79 Å². The van der Waals surface area contributed by atoms with Gasteiger partial charge in [-0.05, 0) is 46.6 Å². The number of carbonyl (C=O) groups is 2. The van der Waals surface area contributed by atoms with Gasteiger partial charge in [0.05, 0.1) is 6.04 Å². The number of carbonyl (C=O) groups excluding carboxylic acids is 2. The molecule has 132 valence electrons. The molecule has 1 aliphatic rings. The normalized spacial score (nSPS) is 23.1. The van der Waals surface area contributed by atoms with Crippen molar-refractivity contribution in [3.63, 3.8) is 0 Å². The van der Waals surface area contributed by atoms with Gasteiger partial charge >= 0.3 is 6.09 Å². The SMILES string of the molecule is CC(C)(C)OC(=O)N1[C@H](CCC=O)[C@@H](c2ccccc2)OC1(C)C. The lowest BCUT2D eigenvalue weighted by Crippen LogP contribution is -2.49. The molecule has 1 fully saturated rings. The summed E-state index contributed by atoms with van der Waals surface area (Å²) in [6.45, 7) is 9.22. The summed E-state index contributed by atoms with van der Waals surface area (Å²) >= 11 is 0. The average molecular weight is 333 g/mol. The van der Waals surface area contributed by atoms with Crippen molar-refractivity contribution >= 4 is 12.4 Å². The molecule has 1 aromatic carbocycles. The number of benzene rings is 1. The largest absolute Gasteiger partial charge is 0.444 e. The van der Waals surface area contributed by atoms with Gasteiger partial charge in [0.15, 0.2) is 0 Å². The molecule has 0 spiro atoms. The molecule has 0 aliphatic carbocycles. The average Bonchev–Trinajstić information content (AvgIpc) is 2.75. The lowest BCUT2D eigenvalue weighted by atomic mass is 9.98. The van der Waals surface area contributed by atoms with Gasteiger partial charge in [-0.2, -0.15) is 0 Å². The van der Waals surface area contributed by atoms with Crippen molar-refractivity contribution in [3.8, 4) is 0 Å². The van der Waals surface area contributed by atoms with Crippen LogP contribution in [0.25, 0.3) is 0 Å². The summed E-state index contributed by atoms with van der Waals surface area (Å²) in [4.78, 5) is 25.3. The second-order valence-corrected chi connectivity index (χ2v) is 7.56. The van der Waals surface area contributed by atoms with Crippen LogP contribution in [-0.2, 0) is 14.3 Å². The van der Waals surface area contributed by atoms with E-state index in [1.54, 1.807) is 4.90 Å². The van der Waals surface area contributed by atoms with Crippen molar-refractivity contribution in [1.29, 1.82) is 0 Å². The first-order valence-electron chi connectivity index (χ1n) is 8.34. The van der Waals surface area contributed by atoms with Crippen molar-refractivity contribution < 1.29 is 19.1 Å². The van der Waals surface area contributed by atoms with Crippen LogP contribution in [0.1, 0.15) is 59.1 Å². The van der Waals surface area contributed by atoms with E-state index in [1.165, 1.54) is 0 Å². The maximum atomic E-state index is 12.8. The smallest absolute Gasteiger partial charge is 0.412 e. The predicted molar refractivity (Wildman–Crippen MR) is 91.5 cm³/mol. The zero-order valence-corrected chi connectivity index (χ0v) is 15.1. The molecule has 5 heteroatoms. The molecule has 1 aromatic rings. The lowest BCUT2D eigenvalue weighted by molar-refractivity contribution is -0.108. The number of rotatable bonds is 4. The molecular weight excluding hydrogens is 306 g/mol. The Morgan fingerprint density at radius 1 is 1.29 bits per heavy atom. The maximum absolute atomic E-state index is 12.8. The van der Waals surface area contributed by atoms with Crippen LogP contribution in [0.2, 0.25) is 0 Å². The van der Waals surface area contributed by atoms with E-state index in [2.05, 4.69) is 0 Å². The Labute approximate surface area is 143 Å². The van der Waals surface area contributed by atoms with Crippen LogP contribution in [0.5, 0.6) is 0 Å². The minimum Gasteiger partial charge on any atom is -0.444 e. The fourth-order valence-corrected chi connectivity index (χ4v) is 3.10. The third-order valence-corrected chi connectivity index (χ3v) is 3.98. The highest BCUT2D eigenvalue weighted by atomic mass is 16.6. The molecule has 0 radical (unpaired) electrons. The predicted octanol–water partition coefficient (Wildman–Crippen LogP) is 4.08. The molecule has 1 aliphatic heterocycles. The Bertz CT molecular complexity index is 577. The number of hydrogen-bond donors (Lipinski definition) is 0. The van der Waals surface area contributed by atoms with Crippen molar-refractivity contribution in [2.24, 2.45) is 0 Å². The Hall–Kier alpha value is -1.88. The highest BCUT2D eigenvalue weighted by Crippen LogP contribution is 2.43. The van der Waals surface area contributed by atoms with Crippen LogP contribution in [0.3, 0.4) is 0 Å². The molecule has 0 bridgehead atoms. The van der Waals surface area contributed by atoms with Gasteiger partial charge < -0.3 is 14.3 Å². The Kier molecular flexibility index (Phi) is 5.33. The second-order valence-electron chi connectivity index (χ2n) is 7.56. The summed E-state index contributed by atoms with van der Waals surface area (Å²) < 4.78 is 11.8. The van der Waals surface area contributed by atoms with Crippen LogP contribution in [0.4, 0.5) is 4.79 Å². The zero-order chi connectivity index (χ0) is 18.0. The topological polar surface area (TPSA) is 55.8 Å². The standard InChI is InChI=1S/C19H27NO4/c1-18(2,3)24-17(22)20-15(12-9-13-21)16(23-19(20,4)5)14-10-7-6-8-11-14/h6-8,10-11,13,15-16H,9,12H2,1-5H3/t15-,16-/m1/s1. The van der Waals surface area contributed by atoms with E-state index in [1.807, 2.05) is 65.0 Å². The summed E-state index contributed by atoms with van der Waals surface area (Å²) in [5.41, 5.74) is -0.406. The monoisotopic (exact) mass is 333 g/mol. The fraction of sp³-hybridized carbons (Fsp3) is 0.579. The molecule has 0 saturated carbocycles. The van der Waals surface area contributed by atoms with Gasteiger partial charge in [-0.3, -0.25) is 4.90 Å². The first kappa shape index (κ1) is 18.5. The van der Waals surface area contributed by atoms with Gasteiger partial charge in [0, 0.05) is 6.42 Å². The van der Waals surface area contributed by atoms with Crippen molar-refractivity contribution in [3.05, 3.63) is 35.9 Å². The minimum absolute atomic E-state index is 0.248. The number of hydrogen-bond acceptors (Lipinski definition) is 4. The summed E-state index contributed by atoms with van der Waals surface area (Å²) in [7, 11) is 0. The molecular formula is C19H27NO4. The quantitative estimate of drug-likeness (QED) is 0.779. The lowest BCUT2D eigenvalue weighted by Gasteiger charge is -2.35. The Morgan fingerprint density at radius 3 is 2.46 bits per heavy atom. The highest BCUT2D eigenvalue weighted by molar-refractivity contribution is 5.70. The number of amides is 1. The van der Waals surface area contributed by atoms with Gasteiger partial charge in [0.1, 0.15) is 23.7 Å². The molecule has 1 saturated heterocycles. The minimum atomic E-state index is -0.809. The summed E-state index contributed by atoms with van der Waals surface area (Å²) in [6.07, 6.45) is 1.08. The van der Waals surface area contributed by atoms with Gasteiger partial charge in [0.2, 0.25) is 0 Å². The van der Waals surface area contributed by atoms with Gasteiger partial charge in [-0.1, -0.05) is 30.3 Å². The molecule has 0 unspecified atom stereocenters. The molecule has 1 amide bonds. The first-order valence-corrected chi connectivity index (χ1v) is 8.34. The maximum Gasteiger partial charge on any atom is 0.412 e. The van der Waals surface area contributed by atoms with Crippen LogP contribution in [0.15, 0.2) is 30.3 Å². The van der Waals surface area contributed by atoms with Crippen molar-refractivity contribution in [2.45, 2.75) is 70.9 Å². The van der Waals surface area contributed by atoms with E-state index in [4.69, 9.17) is 9.47 Å². The fourth-order valence-electron chi connectivity index (χ4n) is 3.10. The number of nitrogens with zero attached hydrogens (tertiary/aromatic N) is 1. The molecule has 1 heterocycles. The Balaban J connectivity index is 2.35. The van der Waals surface area contributed by atoms with E-state index in [0.29, 0.717) is 12.8 Å². The van der Waals surface area contributed by atoms with Gasteiger partial charge in [0.25, 0.3) is 0 Å². The molecule has 2 rings (SSSR count). The molecule has 0 aromatic heterocycles. The van der Waals surface area contributed by atoms with E-state index in [9.17, 15) is 9.59 Å². The second kappa shape index (κ2) is 6.93. The molecule has 5 nitrogen and oxygen atoms in total. The highest BCUT2D eigenvalue weighted by Gasteiger charge is 2.51. The van der Waals surface area contributed by atoms with E-state index in [0.717, 1.165) is 11.8 Å². The third kappa shape index (κ3) is 4.15. The van der Waals surface area contributed by atoms with Crippen LogP contribution < -0.4 is 0 Å². The van der Waals surface area contributed by atoms with Crippen LogP contribution >= 0.6 is 0 Å². The van der Waals surface area contributed by atoms with E-state index < -0.39 is 17.4 Å². The summed E-state index contributed by atoms with van der Waals surface area (Å²) in [5, 5.41) is 0. The summed E-state index contributed by atoms with van der Waals surface area (Å²) in [5.74, 6) is 0. The number of aldehydes is 1. The molecule has 2 atom stereocenters. The Morgan fingerprint density at radius 2 is 1.92 bits per heavy atom. The summed E-state index contributed by atoms with van der Waals surface area (Å²) in [6, 6.07) is 9.54. The van der Waals surface area contributed by atoms with Crippen molar-refractivity contribution in [2.75, 3.05) is 0 Å². The molecule has 24 heavy (non-hydrogen) atoms. The molecule has 0 N–H and O–H groups in total.